The van der Waals surface area contributed by atoms with Crippen molar-refractivity contribution in [3.63, 3.8) is 0 Å². The second-order valence-electron chi connectivity index (χ2n) is 8.58. The number of fused-ring (bicyclic) bond motifs is 2. The molecule has 4 aromatic rings. The van der Waals surface area contributed by atoms with Crippen LogP contribution in [0.2, 0.25) is 0 Å². The van der Waals surface area contributed by atoms with E-state index in [1.54, 1.807) is 4.57 Å². The van der Waals surface area contributed by atoms with Gasteiger partial charge in [-0.15, -0.1) is 0 Å². The summed E-state index contributed by atoms with van der Waals surface area (Å²) in [5, 5.41) is 1.23. The lowest BCUT2D eigenvalue weighted by atomic mass is 10.00. The summed E-state index contributed by atoms with van der Waals surface area (Å²) in [6, 6.07) is 26.0. The third-order valence-electron chi connectivity index (χ3n) is 6.32. The van der Waals surface area contributed by atoms with Gasteiger partial charge in [0.1, 0.15) is 0 Å². The lowest BCUT2D eigenvalue weighted by molar-refractivity contribution is -0.129. The van der Waals surface area contributed by atoms with Gasteiger partial charge in [0.2, 0.25) is 5.91 Å². The van der Waals surface area contributed by atoms with E-state index in [1.165, 1.54) is 28.5 Å². The number of carbonyl (C=O) groups is 1. The number of hydrogen-bond acceptors (Lipinski definition) is 4. The van der Waals surface area contributed by atoms with Gasteiger partial charge in [-0.3, -0.25) is 14.2 Å². The number of amides is 1. The minimum absolute atomic E-state index is 0.0412. The molecule has 2 heterocycles. The first-order chi connectivity index (χ1) is 16.7. The second kappa shape index (κ2) is 10.3. The van der Waals surface area contributed by atoms with Gasteiger partial charge in [-0.2, -0.15) is 0 Å². The molecule has 0 spiro atoms. The SMILES string of the molecule is O=C(CSc1nc2ccccc2c(=O)n1CCCc1ccccc1)N1CCc2ccccc2C1. The van der Waals surface area contributed by atoms with Crippen LogP contribution in [0.4, 0.5) is 0 Å². The molecule has 0 atom stereocenters. The summed E-state index contributed by atoms with van der Waals surface area (Å²) >= 11 is 1.37. The predicted molar refractivity (Wildman–Crippen MR) is 137 cm³/mol. The normalized spacial score (nSPS) is 13.1. The summed E-state index contributed by atoms with van der Waals surface area (Å²) in [4.78, 5) is 33.0. The molecule has 0 bridgehead atoms. The molecule has 5 nitrogen and oxygen atoms in total. The van der Waals surface area contributed by atoms with Crippen LogP contribution in [0, 0.1) is 0 Å². The van der Waals surface area contributed by atoms with Crippen LogP contribution in [0.3, 0.4) is 0 Å². The Morgan fingerprint density at radius 1 is 0.912 bits per heavy atom. The summed E-state index contributed by atoms with van der Waals surface area (Å²) in [7, 11) is 0. The summed E-state index contributed by atoms with van der Waals surface area (Å²) in [5.41, 5.74) is 4.42. The molecule has 1 amide bonds. The van der Waals surface area contributed by atoms with Crippen LogP contribution < -0.4 is 5.56 Å². The van der Waals surface area contributed by atoms with Gasteiger partial charge in [0.25, 0.3) is 5.56 Å². The maximum atomic E-state index is 13.3. The number of benzene rings is 3. The molecule has 0 unspecified atom stereocenters. The lowest BCUT2D eigenvalue weighted by Gasteiger charge is -2.28. The van der Waals surface area contributed by atoms with Crippen molar-refractivity contribution in [2.24, 2.45) is 0 Å². The summed E-state index contributed by atoms with van der Waals surface area (Å²) < 4.78 is 1.74. The Hall–Kier alpha value is -3.38. The van der Waals surface area contributed by atoms with E-state index in [0.717, 1.165) is 25.8 Å². The predicted octanol–water partition coefficient (Wildman–Crippen LogP) is 4.71. The third kappa shape index (κ3) is 4.92. The highest BCUT2D eigenvalue weighted by atomic mass is 32.2. The van der Waals surface area contributed by atoms with E-state index >= 15 is 0 Å². The van der Waals surface area contributed by atoms with Gasteiger partial charge in [0.05, 0.1) is 16.7 Å². The first-order valence-corrected chi connectivity index (χ1v) is 12.7. The monoisotopic (exact) mass is 469 g/mol. The molecule has 5 rings (SSSR count). The van der Waals surface area contributed by atoms with Crippen molar-refractivity contribution in [3.8, 4) is 0 Å². The number of nitrogens with zero attached hydrogens (tertiary/aromatic N) is 3. The molecule has 0 radical (unpaired) electrons. The molecule has 1 aliphatic heterocycles. The average molecular weight is 470 g/mol. The Morgan fingerprint density at radius 3 is 2.50 bits per heavy atom. The van der Waals surface area contributed by atoms with Crippen molar-refractivity contribution >= 4 is 28.6 Å². The second-order valence-corrected chi connectivity index (χ2v) is 9.52. The highest BCUT2D eigenvalue weighted by molar-refractivity contribution is 7.99. The summed E-state index contributed by atoms with van der Waals surface area (Å²) in [6.07, 6.45) is 2.59. The molecule has 0 N–H and O–H groups in total. The van der Waals surface area contributed by atoms with Gasteiger partial charge in [-0.05, 0) is 48.1 Å². The fourth-order valence-electron chi connectivity index (χ4n) is 4.47. The third-order valence-corrected chi connectivity index (χ3v) is 7.29. The van der Waals surface area contributed by atoms with Gasteiger partial charge in [-0.25, -0.2) is 4.98 Å². The van der Waals surface area contributed by atoms with Gasteiger partial charge < -0.3 is 4.90 Å². The Bertz CT molecular complexity index is 1370. The molecule has 0 aliphatic carbocycles. The van der Waals surface area contributed by atoms with Gasteiger partial charge in [-0.1, -0.05) is 78.5 Å². The number of para-hydroxylation sites is 1. The smallest absolute Gasteiger partial charge is 0.262 e. The van der Waals surface area contributed by atoms with E-state index in [0.29, 0.717) is 29.1 Å². The number of aromatic nitrogens is 2. The van der Waals surface area contributed by atoms with Crippen LogP contribution in [0.1, 0.15) is 23.1 Å². The molecule has 0 saturated carbocycles. The highest BCUT2D eigenvalue weighted by Crippen LogP contribution is 2.22. The first-order valence-electron chi connectivity index (χ1n) is 11.7. The zero-order valence-corrected chi connectivity index (χ0v) is 19.8. The van der Waals surface area contributed by atoms with Crippen molar-refractivity contribution in [2.45, 2.75) is 37.5 Å². The quantitative estimate of drug-likeness (QED) is 0.291. The van der Waals surface area contributed by atoms with Crippen LogP contribution >= 0.6 is 11.8 Å². The van der Waals surface area contributed by atoms with Crippen LogP contribution in [-0.4, -0.2) is 32.7 Å². The van der Waals surface area contributed by atoms with Gasteiger partial charge in [0.15, 0.2) is 5.16 Å². The molecular weight excluding hydrogens is 442 g/mol. The van der Waals surface area contributed by atoms with Crippen molar-refractivity contribution in [1.29, 1.82) is 0 Å². The van der Waals surface area contributed by atoms with Crippen molar-refractivity contribution in [3.05, 3.63) is 106 Å². The van der Waals surface area contributed by atoms with E-state index in [1.807, 2.05) is 53.4 Å². The minimum Gasteiger partial charge on any atom is -0.337 e. The topological polar surface area (TPSA) is 55.2 Å². The number of carbonyl (C=O) groups excluding carboxylic acids is 1. The van der Waals surface area contributed by atoms with E-state index in [4.69, 9.17) is 4.98 Å². The van der Waals surface area contributed by atoms with Crippen LogP contribution in [0.25, 0.3) is 10.9 Å². The summed E-state index contributed by atoms with van der Waals surface area (Å²) in [6.45, 7) is 1.94. The van der Waals surface area contributed by atoms with Gasteiger partial charge in [0, 0.05) is 19.6 Å². The van der Waals surface area contributed by atoms with Crippen molar-refractivity contribution in [1.82, 2.24) is 14.5 Å². The molecule has 0 saturated heterocycles. The lowest BCUT2D eigenvalue weighted by Crippen LogP contribution is -2.37. The molecule has 1 aliphatic rings. The van der Waals surface area contributed by atoms with Crippen LogP contribution in [0.15, 0.2) is 88.8 Å². The standard InChI is InChI=1S/C28H27N3O2S/c32-26(30-18-16-22-12-4-5-13-23(22)19-30)20-34-28-29-25-15-7-6-14-24(25)27(33)31(28)17-8-11-21-9-2-1-3-10-21/h1-7,9-10,12-15H,8,11,16-20H2. The Balaban J connectivity index is 1.32. The molecule has 0 fully saturated rings. The summed E-state index contributed by atoms with van der Waals surface area (Å²) in [5.74, 6) is 0.351. The van der Waals surface area contributed by atoms with Crippen molar-refractivity contribution in [2.75, 3.05) is 12.3 Å². The largest absolute Gasteiger partial charge is 0.337 e. The minimum atomic E-state index is -0.0412. The Morgan fingerprint density at radius 2 is 1.65 bits per heavy atom. The zero-order valence-electron chi connectivity index (χ0n) is 19.0. The molecule has 6 heteroatoms. The van der Waals surface area contributed by atoms with E-state index < -0.39 is 0 Å². The molecule has 3 aromatic carbocycles. The molecular formula is C28H27N3O2S. The van der Waals surface area contributed by atoms with Crippen LogP contribution in [0.5, 0.6) is 0 Å². The van der Waals surface area contributed by atoms with E-state index in [9.17, 15) is 9.59 Å². The molecule has 1 aromatic heterocycles. The van der Waals surface area contributed by atoms with E-state index in [2.05, 4.69) is 30.3 Å². The first kappa shape index (κ1) is 22.4. The average Bonchev–Trinajstić information content (AvgIpc) is 2.89. The maximum Gasteiger partial charge on any atom is 0.262 e. The maximum absolute atomic E-state index is 13.3. The number of aryl methyl sites for hydroxylation is 1. The fourth-order valence-corrected chi connectivity index (χ4v) is 5.40. The zero-order chi connectivity index (χ0) is 23.3. The number of thioether (sulfide) groups is 1. The molecule has 172 valence electrons. The van der Waals surface area contributed by atoms with Crippen molar-refractivity contribution < 1.29 is 4.79 Å². The Labute approximate surface area is 203 Å². The van der Waals surface area contributed by atoms with Crippen LogP contribution in [-0.2, 0) is 30.7 Å². The Kier molecular flexibility index (Phi) is 6.77. The number of rotatable bonds is 7. The highest BCUT2D eigenvalue weighted by Gasteiger charge is 2.21. The van der Waals surface area contributed by atoms with E-state index in [-0.39, 0.29) is 17.2 Å². The molecule has 34 heavy (non-hydrogen) atoms. The fraction of sp³-hybridized carbons (Fsp3) is 0.250. The van der Waals surface area contributed by atoms with Gasteiger partial charge >= 0.3 is 0 Å². The number of hydrogen-bond donors (Lipinski definition) is 0.